The lowest BCUT2D eigenvalue weighted by Crippen LogP contribution is -2.14. The molecule has 2 heterocycles. The molecule has 0 unspecified atom stereocenters. The SMILES string of the molecule is Cc1nc2sccn2c1CNCc1ccc(C#N)cc1. The number of nitrogens with zero attached hydrogens (tertiary/aromatic N) is 3. The van der Waals surface area contributed by atoms with Gasteiger partial charge in [-0.1, -0.05) is 12.1 Å². The Labute approximate surface area is 121 Å². The van der Waals surface area contributed by atoms with Gasteiger partial charge in [0, 0.05) is 24.7 Å². The topological polar surface area (TPSA) is 53.1 Å². The second-order valence-electron chi connectivity index (χ2n) is 4.61. The summed E-state index contributed by atoms with van der Waals surface area (Å²) in [4.78, 5) is 5.57. The molecule has 0 amide bonds. The molecule has 0 atom stereocenters. The van der Waals surface area contributed by atoms with E-state index in [0.29, 0.717) is 5.56 Å². The molecule has 0 fully saturated rings. The molecule has 1 aromatic carbocycles. The van der Waals surface area contributed by atoms with Gasteiger partial charge in [0.2, 0.25) is 0 Å². The van der Waals surface area contributed by atoms with Crippen molar-refractivity contribution in [3.05, 3.63) is 58.4 Å². The fourth-order valence-electron chi connectivity index (χ4n) is 2.18. The molecule has 0 radical (unpaired) electrons. The fourth-order valence-corrected chi connectivity index (χ4v) is 2.95. The van der Waals surface area contributed by atoms with Crippen LogP contribution in [-0.4, -0.2) is 9.38 Å². The van der Waals surface area contributed by atoms with Crippen molar-refractivity contribution < 1.29 is 0 Å². The highest BCUT2D eigenvalue weighted by atomic mass is 32.1. The van der Waals surface area contributed by atoms with Gasteiger partial charge in [-0.2, -0.15) is 5.26 Å². The summed E-state index contributed by atoms with van der Waals surface area (Å²) in [5.74, 6) is 0. The van der Waals surface area contributed by atoms with Crippen molar-refractivity contribution in [3.63, 3.8) is 0 Å². The third-order valence-corrected chi connectivity index (χ3v) is 4.02. The number of hydrogen-bond acceptors (Lipinski definition) is 4. The summed E-state index contributed by atoms with van der Waals surface area (Å²) in [6, 6.07) is 9.78. The van der Waals surface area contributed by atoms with Gasteiger partial charge in [0.1, 0.15) is 0 Å². The largest absolute Gasteiger partial charge is 0.307 e. The van der Waals surface area contributed by atoms with Crippen molar-refractivity contribution >= 4 is 16.3 Å². The number of aromatic nitrogens is 2. The lowest BCUT2D eigenvalue weighted by atomic mass is 10.1. The van der Waals surface area contributed by atoms with E-state index in [1.807, 2.05) is 36.6 Å². The van der Waals surface area contributed by atoms with Gasteiger partial charge in [-0.3, -0.25) is 4.40 Å². The first-order chi connectivity index (χ1) is 9.78. The fraction of sp³-hybridized carbons (Fsp3) is 0.200. The number of nitrogens with one attached hydrogen (secondary N) is 1. The minimum Gasteiger partial charge on any atom is -0.307 e. The Morgan fingerprint density at radius 2 is 2.10 bits per heavy atom. The van der Waals surface area contributed by atoms with Crippen molar-refractivity contribution in [2.45, 2.75) is 20.0 Å². The maximum atomic E-state index is 8.77. The van der Waals surface area contributed by atoms with E-state index in [9.17, 15) is 0 Å². The lowest BCUT2D eigenvalue weighted by Gasteiger charge is -2.05. The number of thiazole rings is 1. The molecule has 0 aliphatic carbocycles. The van der Waals surface area contributed by atoms with Crippen LogP contribution in [0.15, 0.2) is 35.8 Å². The number of fused-ring (bicyclic) bond motifs is 1. The molecule has 0 spiro atoms. The zero-order valence-electron chi connectivity index (χ0n) is 11.1. The normalized spacial score (nSPS) is 10.8. The predicted molar refractivity (Wildman–Crippen MR) is 79.5 cm³/mol. The average Bonchev–Trinajstić information content (AvgIpc) is 3.02. The van der Waals surface area contributed by atoms with E-state index in [-0.39, 0.29) is 0 Å². The number of aryl methyl sites for hydroxylation is 1. The van der Waals surface area contributed by atoms with Crippen LogP contribution in [0.4, 0.5) is 0 Å². The number of rotatable bonds is 4. The van der Waals surface area contributed by atoms with Gasteiger partial charge in [0.05, 0.1) is 23.0 Å². The van der Waals surface area contributed by atoms with Crippen LogP contribution in [0.1, 0.15) is 22.5 Å². The van der Waals surface area contributed by atoms with Gasteiger partial charge in [-0.05, 0) is 24.6 Å². The quantitative estimate of drug-likeness (QED) is 0.800. The van der Waals surface area contributed by atoms with Crippen molar-refractivity contribution in [2.24, 2.45) is 0 Å². The van der Waals surface area contributed by atoms with Gasteiger partial charge in [0.25, 0.3) is 0 Å². The van der Waals surface area contributed by atoms with E-state index in [4.69, 9.17) is 5.26 Å². The molecule has 0 bridgehead atoms. The smallest absolute Gasteiger partial charge is 0.194 e. The Bertz CT molecular complexity index is 761. The molecule has 0 saturated carbocycles. The molecule has 20 heavy (non-hydrogen) atoms. The average molecular weight is 282 g/mol. The van der Waals surface area contributed by atoms with Crippen LogP contribution >= 0.6 is 11.3 Å². The van der Waals surface area contributed by atoms with Crippen LogP contribution in [0.3, 0.4) is 0 Å². The van der Waals surface area contributed by atoms with Crippen LogP contribution in [0.2, 0.25) is 0 Å². The lowest BCUT2D eigenvalue weighted by molar-refractivity contribution is 0.672. The minimum absolute atomic E-state index is 0.695. The molecule has 2 aromatic heterocycles. The second-order valence-corrected chi connectivity index (χ2v) is 5.48. The van der Waals surface area contributed by atoms with Crippen LogP contribution in [-0.2, 0) is 13.1 Å². The molecule has 3 rings (SSSR count). The Balaban J connectivity index is 1.66. The van der Waals surface area contributed by atoms with E-state index in [0.717, 1.165) is 23.7 Å². The third-order valence-electron chi connectivity index (χ3n) is 3.27. The highest BCUT2D eigenvalue weighted by molar-refractivity contribution is 7.15. The first kappa shape index (κ1) is 12.9. The third kappa shape index (κ3) is 2.44. The van der Waals surface area contributed by atoms with Crippen molar-refractivity contribution in [1.29, 1.82) is 5.26 Å². The van der Waals surface area contributed by atoms with Crippen molar-refractivity contribution in [3.8, 4) is 6.07 Å². The molecule has 100 valence electrons. The standard InChI is InChI=1S/C15H14N4S/c1-11-14(19-6-7-20-15(19)18-11)10-17-9-13-4-2-12(8-16)3-5-13/h2-7,17H,9-10H2,1H3. The van der Waals surface area contributed by atoms with Crippen LogP contribution in [0, 0.1) is 18.3 Å². The minimum atomic E-state index is 0.695. The van der Waals surface area contributed by atoms with Gasteiger partial charge < -0.3 is 5.32 Å². The molecule has 4 nitrogen and oxygen atoms in total. The molecule has 0 saturated heterocycles. The predicted octanol–water partition coefficient (Wildman–Crippen LogP) is 2.87. The molecule has 3 aromatic rings. The number of nitriles is 1. The van der Waals surface area contributed by atoms with Crippen LogP contribution in [0.5, 0.6) is 0 Å². The highest BCUT2D eigenvalue weighted by Gasteiger charge is 2.08. The van der Waals surface area contributed by atoms with Crippen molar-refractivity contribution in [1.82, 2.24) is 14.7 Å². The number of imidazole rings is 1. The van der Waals surface area contributed by atoms with E-state index in [2.05, 4.69) is 27.0 Å². The molecular formula is C15H14N4S. The summed E-state index contributed by atoms with van der Waals surface area (Å²) in [7, 11) is 0. The first-order valence-electron chi connectivity index (χ1n) is 6.38. The van der Waals surface area contributed by atoms with Gasteiger partial charge in [-0.15, -0.1) is 11.3 Å². The van der Waals surface area contributed by atoms with Gasteiger partial charge in [-0.25, -0.2) is 4.98 Å². The van der Waals surface area contributed by atoms with E-state index in [1.165, 1.54) is 11.3 Å². The summed E-state index contributed by atoms with van der Waals surface area (Å²) < 4.78 is 2.13. The summed E-state index contributed by atoms with van der Waals surface area (Å²) in [6.07, 6.45) is 2.05. The Hall–Kier alpha value is -2.16. The summed E-state index contributed by atoms with van der Waals surface area (Å²) in [6.45, 7) is 3.60. The Morgan fingerprint density at radius 3 is 2.85 bits per heavy atom. The molecule has 0 aliphatic heterocycles. The van der Waals surface area contributed by atoms with Crippen molar-refractivity contribution in [2.75, 3.05) is 0 Å². The maximum Gasteiger partial charge on any atom is 0.194 e. The number of benzene rings is 1. The van der Waals surface area contributed by atoms with E-state index >= 15 is 0 Å². The second kappa shape index (κ2) is 5.45. The first-order valence-corrected chi connectivity index (χ1v) is 7.26. The molecule has 0 aliphatic rings. The Morgan fingerprint density at radius 1 is 1.30 bits per heavy atom. The van der Waals surface area contributed by atoms with Gasteiger partial charge in [0.15, 0.2) is 4.96 Å². The van der Waals surface area contributed by atoms with Crippen LogP contribution < -0.4 is 5.32 Å². The summed E-state index contributed by atoms with van der Waals surface area (Å²) >= 11 is 1.65. The Kier molecular flexibility index (Phi) is 3.50. The summed E-state index contributed by atoms with van der Waals surface area (Å²) in [5.41, 5.74) is 4.15. The zero-order valence-corrected chi connectivity index (χ0v) is 11.9. The zero-order chi connectivity index (χ0) is 13.9. The highest BCUT2D eigenvalue weighted by Crippen LogP contribution is 2.16. The van der Waals surface area contributed by atoms with Gasteiger partial charge >= 0.3 is 0 Å². The molecule has 1 N–H and O–H groups in total. The summed E-state index contributed by atoms with van der Waals surface area (Å²) in [5, 5.41) is 14.2. The molecular weight excluding hydrogens is 268 g/mol. The maximum absolute atomic E-state index is 8.77. The monoisotopic (exact) mass is 282 g/mol. The molecule has 5 heteroatoms. The number of hydrogen-bond donors (Lipinski definition) is 1. The van der Waals surface area contributed by atoms with Crippen LogP contribution in [0.25, 0.3) is 4.96 Å². The van der Waals surface area contributed by atoms with E-state index < -0.39 is 0 Å². The van der Waals surface area contributed by atoms with E-state index in [1.54, 1.807) is 11.3 Å².